The van der Waals surface area contributed by atoms with E-state index in [0.717, 1.165) is 5.56 Å². The van der Waals surface area contributed by atoms with Crippen molar-refractivity contribution >= 4 is 11.8 Å². The molecule has 0 spiro atoms. The highest BCUT2D eigenvalue weighted by Gasteiger charge is 2.27. The smallest absolute Gasteiger partial charge is 0.441 e. The normalized spacial score (nSPS) is 11.5. The predicted molar refractivity (Wildman–Crippen MR) is 55.2 cm³/mol. The average molecular weight is 236 g/mol. The number of benzene rings is 1. The topological polar surface area (TPSA) is 9.23 Å². The molecule has 0 amide bonds. The summed E-state index contributed by atoms with van der Waals surface area (Å²) in [7, 11) is 0. The van der Waals surface area contributed by atoms with Crippen molar-refractivity contribution in [3.63, 3.8) is 0 Å². The number of ether oxygens (including phenoxy) is 1. The molecule has 0 heterocycles. The molecule has 1 aromatic rings. The Kier molecular flexibility index (Phi) is 4.32. The Balaban J connectivity index is 2.30. The minimum absolute atomic E-state index is 0.0645. The Bertz CT molecular complexity index is 312. The van der Waals surface area contributed by atoms with Gasteiger partial charge in [-0.05, 0) is 30.3 Å². The van der Waals surface area contributed by atoms with Crippen molar-refractivity contribution < 1.29 is 17.9 Å². The van der Waals surface area contributed by atoms with E-state index in [-0.39, 0.29) is 24.1 Å². The standard InChI is InChI=1S/C10H11F3OS/c1-8-4-2-3-5-9(8)14-6-7-15-10(11,12)13/h2-5H,6-7H2,1H3. The van der Waals surface area contributed by atoms with Gasteiger partial charge < -0.3 is 4.74 Å². The molecule has 15 heavy (non-hydrogen) atoms. The molecule has 0 saturated heterocycles. The summed E-state index contributed by atoms with van der Waals surface area (Å²) in [5, 5.41) is 0. The van der Waals surface area contributed by atoms with Crippen LogP contribution in [0.3, 0.4) is 0 Å². The Hall–Kier alpha value is -0.840. The van der Waals surface area contributed by atoms with Crippen molar-refractivity contribution in [3.8, 4) is 5.75 Å². The highest BCUT2D eigenvalue weighted by Crippen LogP contribution is 2.29. The average Bonchev–Trinajstić information content (AvgIpc) is 2.13. The molecule has 0 fully saturated rings. The lowest BCUT2D eigenvalue weighted by Crippen LogP contribution is -2.07. The molecule has 1 nitrogen and oxygen atoms in total. The molecule has 1 rings (SSSR count). The van der Waals surface area contributed by atoms with Gasteiger partial charge in [0.05, 0.1) is 6.61 Å². The van der Waals surface area contributed by atoms with Gasteiger partial charge in [-0.15, -0.1) is 0 Å². The molecular weight excluding hydrogens is 225 g/mol. The third kappa shape index (κ3) is 4.97. The van der Waals surface area contributed by atoms with Gasteiger partial charge in [0.15, 0.2) is 0 Å². The first-order chi connectivity index (χ1) is 6.99. The van der Waals surface area contributed by atoms with Crippen molar-refractivity contribution in [3.05, 3.63) is 29.8 Å². The molecule has 1 aromatic carbocycles. The Labute approximate surface area is 90.6 Å². The highest BCUT2D eigenvalue weighted by atomic mass is 32.2. The fraction of sp³-hybridized carbons (Fsp3) is 0.400. The first-order valence-corrected chi connectivity index (χ1v) is 5.37. The van der Waals surface area contributed by atoms with E-state index in [1.165, 1.54) is 0 Å². The van der Waals surface area contributed by atoms with E-state index < -0.39 is 5.51 Å². The predicted octanol–water partition coefficient (Wildman–Crippen LogP) is 3.63. The lowest BCUT2D eigenvalue weighted by atomic mass is 10.2. The number of aryl methyl sites for hydroxylation is 1. The molecule has 0 saturated carbocycles. The minimum Gasteiger partial charge on any atom is -0.492 e. The van der Waals surface area contributed by atoms with Gasteiger partial charge in [0, 0.05) is 5.75 Å². The molecule has 5 heteroatoms. The van der Waals surface area contributed by atoms with Crippen molar-refractivity contribution in [2.24, 2.45) is 0 Å². The number of thioether (sulfide) groups is 1. The molecule has 0 unspecified atom stereocenters. The van der Waals surface area contributed by atoms with Crippen LogP contribution in [0.2, 0.25) is 0 Å². The summed E-state index contributed by atoms with van der Waals surface area (Å²) in [4.78, 5) is 0. The maximum atomic E-state index is 11.8. The van der Waals surface area contributed by atoms with Gasteiger partial charge in [-0.25, -0.2) is 0 Å². The molecule has 0 aromatic heterocycles. The zero-order valence-electron chi connectivity index (χ0n) is 8.17. The van der Waals surface area contributed by atoms with Gasteiger partial charge in [-0.2, -0.15) is 13.2 Å². The van der Waals surface area contributed by atoms with E-state index in [1.807, 2.05) is 19.1 Å². The zero-order chi connectivity index (χ0) is 11.3. The van der Waals surface area contributed by atoms with E-state index in [9.17, 15) is 13.2 Å². The number of hydrogen-bond donors (Lipinski definition) is 0. The van der Waals surface area contributed by atoms with E-state index >= 15 is 0 Å². The van der Waals surface area contributed by atoms with Crippen LogP contribution in [0.4, 0.5) is 13.2 Å². The van der Waals surface area contributed by atoms with Crippen LogP contribution in [0.15, 0.2) is 24.3 Å². The molecular formula is C10H11F3OS. The van der Waals surface area contributed by atoms with Gasteiger partial charge in [-0.1, -0.05) is 18.2 Å². The second-order valence-corrected chi connectivity index (χ2v) is 4.07. The van der Waals surface area contributed by atoms with Crippen LogP contribution in [-0.2, 0) is 0 Å². The van der Waals surface area contributed by atoms with Crippen molar-refractivity contribution in [1.82, 2.24) is 0 Å². The Morgan fingerprint density at radius 2 is 1.93 bits per heavy atom. The van der Waals surface area contributed by atoms with E-state index in [2.05, 4.69) is 0 Å². The van der Waals surface area contributed by atoms with Gasteiger partial charge in [0.25, 0.3) is 0 Å². The lowest BCUT2D eigenvalue weighted by Gasteiger charge is -2.09. The molecule has 0 radical (unpaired) electrons. The maximum absolute atomic E-state index is 11.8. The molecule has 0 atom stereocenters. The van der Waals surface area contributed by atoms with E-state index in [0.29, 0.717) is 5.75 Å². The first-order valence-electron chi connectivity index (χ1n) is 4.38. The van der Waals surface area contributed by atoms with Crippen molar-refractivity contribution in [2.45, 2.75) is 12.4 Å². The maximum Gasteiger partial charge on any atom is 0.441 e. The van der Waals surface area contributed by atoms with Gasteiger partial charge >= 0.3 is 5.51 Å². The summed E-state index contributed by atoms with van der Waals surface area (Å²) in [6.45, 7) is 1.92. The minimum atomic E-state index is -4.17. The van der Waals surface area contributed by atoms with Crippen molar-refractivity contribution in [1.29, 1.82) is 0 Å². The molecule has 84 valence electrons. The summed E-state index contributed by atoms with van der Waals surface area (Å²) in [5.41, 5.74) is -3.25. The third-order valence-corrected chi connectivity index (χ3v) is 2.40. The van der Waals surface area contributed by atoms with Crippen LogP contribution in [0, 0.1) is 6.92 Å². The number of alkyl halides is 3. The van der Waals surface area contributed by atoms with Crippen LogP contribution in [0.25, 0.3) is 0 Å². The molecule has 0 aliphatic rings. The Morgan fingerprint density at radius 1 is 1.27 bits per heavy atom. The largest absolute Gasteiger partial charge is 0.492 e. The second-order valence-electron chi connectivity index (χ2n) is 2.91. The zero-order valence-corrected chi connectivity index (χ0v) is 8.99. The van der Waals surface area contributed by atoms with Crippen LogP contribution >= 0.6 is 11.8 Å². The van der Waals surface area contributed by atoms with E-state index in [1.54, 1.807) is 12.1 Å². The number of rotatable bonds is 4. The molecule has 0 N–H and O–H groups in total. The lowest BCUT2D eigenvalue weighted by molar-refractivity contribution is -0.0329. The van der Waals surface area contributed by atoms with Crippen molar-refractivity contribution in [2.75, 3.05) is 12.4 Å². The molecule has 0 bridgehead atoms. The second kappa shape index (κ2) is 5.30. The van der Waals surface area contributed by atoms with Crippen LogP contribution < -0.4 is 4.74 Å². The number of para-hydroxylation sites is 1. The summed E-state index contributed by atoms with van der Waals surface area (Å²) < 4.78 is 40.5. The highest BCUT2D eigenvalue weighted by molar-refractivity contribution is 8.00. The Morgan fingerprint density at radius 3 is 2.53 bits per heavy atom. The van der Waals surface area contributed by atoms with Gasteiger partial charge in [0.1, 0.15) is 5.75 Å². The quantitative estimate of drug-likeness (QED) is 0.738. The van der Waals surface area contributed by atoms with Gasteiger partial charge in [0.2, 0.25) is 0 Å². The van der Waals surface area contributed by atoms with Crippen LogP contribution in [-0.4, -0.2) is 17.9 Å². The van der Waals surface area contributed by atoms with Gasteiger partial charge in [-0.3, -0.25) is 0 Å². The fourth-order valence-electron chi connectivity index (χ4n) is 1.03. The fourth-order valence-corrected chi connectivity index (χ4v) is 1.43. The number of hydrogen-bond acceptors (Lipinski definition) is 2. The monoisotopic (exact) mass is 236 g/mol. The summed E-state index contributed by atoms with van der Waals surface area (Å²) >= 11 is -0.0663. The summed E-state index contributed by atoms with van der Waals surface area (Å²) in [6, 6.07) is 7.24. The summed E-state index contributed by atoms with van der Waals surface area (Å²) in [5.74, 6) is 0.554. The van der Waals surface area contributed by atoms with Crippen LogP contribution in [0.5, 0.6) is 5.75 Å². The molecule has 0 aliphatic heterocycles. The first kappa shape index (κ1) is 12.2. The number of halogens is 3. The SMILES string of the molecule is Cc1ccccc1OCCSC(F)(F)F. The molecule has 0 aliphatic carbocycles. The van der Waals surface area contributed by atoms with E-state index in [4.69, 9.17) is 4.74 Å². The van der Waals surface area contributed by atoms with Crippen LogP contribution in [0.1, 0.15) is 5.56 Å². The summed E-state index contributed by atoms with van der Waals surface area (Å²) in [6.07, 6.45) is 0. The third-order valence-electron chi connectivity index (χ3n) is 1.70.